The minimum absolute atomic E-state index is 0. The Balaban J connectivity index is 0.00000288. The monoisotopic (exact) mass is 462 g/mol. The molecule has 0 unspecified atom stereocenters. The zero-order chi connectivity index (χ0) is 16.8. The zero-order valence-electron chi connectivity index (χ0n) is 15.0. The Labute approximate surface area is 165 Å². The van der Waals surface area contributed by atoms with Gasteiger partial charge in [0.1, 0.15) is 0 Å². The Kier molecular flexibility index (Phi) is 8.68. The highest BCUT2D eigenvalue weighted by Crippen LogP contribution is 2.11. The van der Waals surface area contributed by atoms with Gasteiger partial charge in [-0.1, -0.05) is 0 Å². The van der Waals surface area contributed by atoms with Crippen molar-refractivity contribution in [2.45, 2.75) is 40.2 Å². The van der Waals surface area contributed by atoms with Crippen molar-refractivity contribution in [3.63, 3.8) is 0 Å². The molecule has 134 valence electrons. The Hall–Kier alpha value is -1.16. The fraction of sp³-hybridized carbons (Fsp3) is 0.562. The molecule has 0 amide bonds. The van der Waals surface area contributed by atoms with Gasteiger partial charge >= 0.3 is 0 Å². The summed E-state index contributed by atoms with van der Waals surface area (Å²) >= 11 is 1.73. The Morgan fingerprint density at radius 3 is 2.58 bits per heavy atom. The van der Waals surface area contributed by atoms with E-state index in [2.05, 4.69) is 38.0 Å². The quantitative estimate of drug-likeness (QED) is 0.300. The van der Waals surface area contributed by atoms with Crippen LogP contribution in [0.3, 0.4) is 0 Å². The van der Waals surface area contributed by atoms with E-state index in [1.807, 2.05) is 25.6 Å². The van der Waals surface area contributed by atoms with E-state index >= 15 is 0 Å². The lowest BCUT2D eigenvalue weighted by Crippen LogP contribution is -2.37. The molecule has 0 saturated heterocycles. The molecule has 0 fully saturated rings. The number of thiazole rings is 1. The third-order valence-corrected chi connectivity index (χ3v) is 4.87. The van der Waals surface area contributed by atoms with E-state index in [-0.39, 0.29) is 24.0 Å². The molecule has 0 bridgehead atoms. The van der Waals surface area contributed by atoms with E-state index in [0.717, 1.165) is 43.3 Å². The minimum atomic E-state index is 0. The van der Waals surface area contributed by atoms with Crippen LogP contribution in [0.25, 0.3) is 0 Å². The van der Waals surface area contributed by atoms with E-state index in [0.29, 0.717) is 0 Å². The van der Waals surface area contributed by atoms with Gasteiger partial charge in [0.15, 0.2) is 5.96 Å². The van der Waals surface area contributed by atoms with Crippen LogP contribution < -0.4 is 10.6 Å². The van der Waals surface area contributed by atoms with Crippen LogP contribution in [0.5, 0.6) is 0 Å². The van der Waals surface area contributed by atoms with Gasteiger partial charge in [-0.2, -0.15) is 5.10 Å². The maximum Gasteiger partial charge on any atom is 0.191 e. The summed E-state index contributed by atoms with van der Waals surface area (Å²) in [6.07, 6.45) is 2.04. The molecule has 0 aromatic carbocycles. The van der Waals surface area contributed by atoms with Gasteiger partial charge in [0.25, 0.3) is 0 Å². The Morgan fingerprint density at radius 2 is 2.04 bits per heavy atom. The number of nitrogens with one attached hydrogen (secondary N) is 2. The first-order chi connectivity index (χ1) is 11.0. The second kappa shape index (κ2) is 9.97. The number of halogens is 1. The predicted octanol–water partition coefficient (Wildman–Crippen LogP) is 2.72. The number of rotatable bonds is 6. The van der Waals surface area contributed by atoms with Gasteiger partial charge in [0.2, 0.25) is 0 Å². The molecule has 0 saturated carbocycles. The van der Waals surface area contributed by atoms with E-state index < -0.39 is 0 Å². The Morgan fingerprint density at radius 1 is 1.29 bits per heavy atom. The van der Waals surface area contributed by atoms with Crippen molar-refractivity contribution < 1.29 is 0 Å². The molecule has 0 spiro atoms. The van der Waals surface area contributed by atoms with Crippen molar-refractivity contribution in [2.75, 3.05) is 13.6 Å². The molecule has 2 aromatic heterocycles. The number of hydrogen-bond donors (Lipinski definition) is 2. The second-order valence-corrected chi connectivity index (χ2v) is 6.55. The van der Waals surface area contributed by atoms with Crippen LogP contribution in [0.4, 0.5) is 0 Å². The van der Waals surface area contributed by atoms with Crippen molar-refractivity contribution in [3.8, 4) is 0 Å². The van der Waals surface area contributed by atoms with E-state index in [9.17, 15) is 0 Å². The van der Waals surface area contributed by atoms with Crippen LogP contribution in [0, 0.1) is 20.8 Å². The molecule has 0 radical (unpaired) electrons. The molecule has 0 aliphatic carbocycles. The highest BCUT2D eigenvalue weighted by molar-refractivity contribution is 14.0. The summed E-state index contributed by atoms with van der Waals surface area (Å²) < 4.78 is 1.92. The minimum Gasteiger partial charge on any atom is -0.356 e. The van der Waals surface area contributed by atoms with Gasteiger partial charge < -0.3 is 10.6 Å². The summed E-state index contributed by atoms with van der Waals surface area (Å²) in [5.41, 5.74) is 4.59. The average Bonchev–Trinajstić information content (AvgIpc) is 3.03. The highest BCUT2D eigenvalue weighted by atomic mass is 127. The van der Waals surface area contributed by atoms with Gasteiger partial charge in [0, 0.05) is 55.9 Å². The number of aromatic nitrogens is 3. The fourth-order valence-corrected chi connectivity index (χ4v) is 3.25. The second-order valence-electron chi connectivity index (χ2n) is 5.61. The standard InChI is InChI=1S/C16H26N6S.HI/c1-11-10-23-15(20-11)7-6-8-18-16(17-4)19-9-14-12(2)21-22(5)13(14)3;/h10H,6-9H2,1-5H3,(H2,17,18,19);1H. The lowest BCUT2D eigenvalue weighted by Gasteiger charge is -2.12. The van der Waals surface area contributed by atoms with Crippen LogP contribution in [-0.4, -0.2) is 34.3 Å². The summed E-state index contributed by atoms with van der Waals surface area (Å²) in [5, 5.41) is 14.4. The third-order valence-electron chi connectivity index (χ3n) is 3.84. The first kappa shape index (κ1) is 20.9. The molecule has 0 aliphatic heterocycles. The Bertz CT molecular complexity index is 676. The topological polar surface area (TPSA) is 67.1 Å². The molecule has 8 heteroatoms. The van der Waals surface area contributed by atoms with Crippen molar-refractivity contribution >= 4 is 41.3 Å². The number of aliphatic imine (C=N–C) groups is 1. The number of aryl methyl sites for hydroxylation is 4. The molecular weight excluding hydrogens is 435 g/mol. The van der Waals surface area contributed by atoms with Crippen LogP contribution in [-0.2, 0) is 20.0 Å². The summed E-state index contributed by atoms with van der Waals surface area (Å²) in [6, 6.07) is 0. The van der Waals surface area contributed by atoms with Crippen molar-refractivity contribution in [1.29, 1.82) is 0 Å². The molecule has 2 aromatic rings. The lowest BCUT2D eigenvalue weighted by atomic mass is 10.2. The molecule has 2 rings (SSSR count). The van der Waals surface area contributed by atoms with Gasteiger partial charge in [-0.25, -0.2) is 4.98 Å². The number of guanidine groups is 1. The summed E-state index contributed by atoms with van der Waals surface area (Å²) in [7, 11) is 3.77. The molecule has 2 heterocycles. The van der Waals surface area contributed by atoms with Gasteiger partial charge in [0.05, 0.1) is 10.7 Å². The molecular formula is C16H27IN6S. The molecule has 0 atom stereocenters. The maximum atomic E-state index is 4.48. The van der Waals surface area contributed by atoms with Gasteiger partial charge in [-0.3, -0.25) is 9.67 Å². The van der Waals surface area contributed by atoms with Gasteiger partial charge in [-0.05, 0) is 27.2 Å². The van der Waals surface area contributed by atoms with Crippen LogP contribution in [0.2, 0.25) is 0 Å². The zero-order valence-corrected chi connectivity index (χ0v) is 18.2. The smallest absolute Gasteiger partial charge is 0.191 e. The number of hydrogen-bond acceptors (Lipinski definition) is 4. The first-order valence-electron chi connectivity index (χ1n) is 7.86. The summed E-state index contributed by atoms with van der Waals surface area (Å²) in [6.45, 7) is 7.77. The lowest BCUT2D eigenvalue weighted by molar-refractivity contribution is 0.725. The average molecular weight is 462 g/mol. The normalized spacial score (nSPS) is 11.3. The van der Waals surface area contributed by atoms with Crippen LogP contribution in [0.1, 0.15) is 34.1 Å². The number of nitrogens with zero attached hydrogens (tertiary/aromatic N) is 4. The maximum absolute atomic E-state index is 4.48. The first-order valence-corrected chi connectivity index (χ1v) is 8.73. The van der Waals surface area contributed by atoms with Crippen LogP contribution in [0.15, 0.2) is 10.4 Å². The van der Waals surface area contributed by atoms with Crippen molar-refractivity contribution in [3.05, 3.63) is 33.0 Å². The SMILES string of the molecule is CN=C(NCCCc1nc(C)cs1)NCc1c(C)nn(C)c1C.I. The highest BCUT2D eigenvalue weighted by Gasteiger charge is 2.09. The fourth-order valence-electron chi connectivity index (χ4n) is 2.43. The summed E-state index contributed by atoms with van der Waals surface area (Å²) in [4.78, 5) is 8.75. The van der Waals surface area contributed by atoms with Crippen molar-refractivity contribution in [2.24, 2.45) is 12.0 Å². The third kappa shape index (κ3) is 5.73. The molecule has 6 nitrogen and oxygen atoms in total. The van der Waals surface area contributed by atoms with E-state index in [1.165, 1.54) is 16.3 Å². The van der Waals surface area contributed by atoms with E-state index in [1.54, 1.807) is 18.4 Å². The molecule has 24 heavy (non-hydrogen) atoms. The molecule has 0 aliphatic rings. The largest absolute Gasteiger partial charge is 0.356 e. The van der Waals surface area contributed by atoms with E-state index in [4.69, 9.17) is 0 Å². The van der Waals surface area contributed by atoms with Crippen LogP contribution >= 0.6 is 35.3 Å². The van der Waals surface area contributed by atoms with Gasteiger partial charge in [-0.15, -0.1) is 35.3 Å². The predicted molar refractivity (Wildman–Crippen MR) is 111 cm³/mol. The molecule has 2 N–H and O–H groups in total. The summed E-state index contributed by atoms with van der Waals surface area (Å²) in [5.74, 6) is 0.822. The van der Waals surface area contributed by atoms with Crippen molar-refractivity contribution in [1.82, 2.24) is 25.4 Å².